The van der Waals surface area contributed by atoms with E-state index in [-0.39, 0.29) is 17.7 Å². The maximum Gasteiger partial charge on any atom is 0.251 e. The molecule has 1 spiro atoms. The third-order valence-electron chi connectivity index (χ3n) is 6.71. The first-order chi connectivity index (χ1) is 13.6. The molecule has 0 radical (unpaired) electrons. The van der Waals surface area contributed by atoms with Crippen LogP contribution in [0.3, 0.4) is 0 Å². The topological polar surface area (TPSA) is 67.9 Å². The second-order valence-electron chi connectivity index (χ2n) is 8.71. The number of nitrogens with zero attached hydrogens (tertiary/aromatic N) is 1. The summed E-state index contributed by atoms with van der Waals surface area (Å²) in [6.07, 6.45) is 10.1. The number of hydrogen-bond acceptors (Lipinski definition) is 4. The molecule has 2 saturated carbocycles. The van der Waals surface area contributed by atoms with Crippen molar-refractivity contribution in [3.05, 3.63) is 18.2 Å². The van der Waals surface area contributed by atoms with Crippen LogP contribution in [0, 0.1) is 5.92 Å². The number of likely N-dealkylation sites (tertiary alicyclic amines) is 1. The van der Waals surface area contributed by atoms with E-state index < -0.39 is 5.79 Å². The molecule has 1 aromatic rings. The van der Waals surface area contributed by atoms with Crippen molar-refractivity contribution in [1.29, 1.82) is 0 Å². The van der Waals surface area contributed by atoms with Gasteiger partial charge in [-0.05, 0) is 37.8 Å². The van der Waals surface area contributed by atoms with Gasteiger partial charge >= 0.3 is 0 Å². The van der Waals surface area contributed by atoms with Gasteiger partial charge in [0.2, 0.25) is 11.8 Å². The summed E-state index contributed by atoms with van der Waals surface area (Å²) in [6, 6.07) is 5.91. The minimum absolute atomic E-state index is 0.0832. The fourth-order valence-corrected chi connectivity index (χ4v) is 5.19. The molecule has 6 nitrogen and oxygen atoms in total. The van der Waals surface area contributed by atoms with Gasteiger partial charge in [-0.3, -0.25) is 9.59 Å². The lowest BCUT2D eigenvalue weighted by molar-refractivity contribution is -0.129. The third kappa shape index (κ3) is 3.23. The highest BCUT2D eigenvalue weighted by atomic mass is 16.7. The number of anilines is 1. The number of carbonyl (C=O) groups excluding carboxylic acids is 2. The van der Waals surface area contributed by atoms with Crippen molar-refractivity contribution in [2.24, 2.45) is 5.92 Å². The van der Waals surface area contributed by atoms with Crippen molar-refractivity contribution in [2.75, 3.05) is 11.9 Å². The molecule has 28 heavy (non-hydrogen) atoms. The Morgan fingerprint density at radius 3 is 2.57 bits per heavy atom. The zero-order valence-electron chi connectivity index (χ0n) is 16.2. The van der Waals surface area contributed by atoms with Gasteiger partial charge in [0.15, 0.2) is 11.5 Å². The summed E-state index contributed by atoms with van der Waals surface area (Å²) < 4.78 is 12.2. The molecule has 0 bridgehead atoms. The van der Waals surface area contributed by atoms with Crippen LogP contribution in [-0.2, 0) is 9.59 Å². The normalized spacial score (nSPS) is 26.2. The molecule has 5 rings (SSSR count). The summed E-state index contributed by atoms with van der Waals surface area (Å²) >= 11 is 0. The molecule has 150 valence electrons. The van der Waals surface area contributed by atoms with E-state index in [4.69, 9.17) is 9.47 Å². The van der Waals surface area contributed by atoms with E-state index in [0.29, 0.717) is 30.4 Å². The fourth-order valence-electron chi connectivity index (χ4n) is 5.19. The number of fused-ring (bicyclic) bond motifs is 1. The summed E-state index contributed by atoms with van der Waals surface area (Å²) in [4.78, 5) is 27.1. The van der Waals surface area contributed by atoms with Gasteiger partial charge < -0.3 is 19.7 Å². The van der Waals surface area contributed by atoms with Gasteiger partial charge in [-0.1, -0.05) is 19.3 Å². The lowest BCUT2D eigenvalue weighted by Crippen LogP contribution is -2.40. The van der Waals surface area contributed by atoms with Crippen LogP contribution in [0.1, 0.15) is 64.2 Å². The number of hydrogen-bond donors (Lipinski definition) is 1. The number of nitrogens with one attached hydrogen (secondary N) is 1. The van der Waals surface area contributed by atoms with Gasteiger partial charge in [0.1, 0.15) is 0 Å². The molecule has 1 saturated heterocycles. The molecule has 1 aromatic carbocycles. The molecule has 1 unspecified atom stereocenters. The van der Waals surface area contributed by atoms with Gasteiger partial charge in [-0.2, -0.15) is 0 Å². The lowest BCUT2D eigenvalue weighted by Gasteiger charge is -2.31. The van der Waals surface area contributed by atoms with Gasteiger partial charge in [0.05, 0.1) is 5.92 Å². The molecular formula is C22H28N2O4. The average Bonchev–Trinajstić information content (AvgIpc) is 3.40. The third-order valence-corrected chi connectivity index (χ3v) is 6.71. The summed E-state index contributed by atoms with van der Waals surface area (Å²) in [6.45, 7) is 0.545. The van der Waals surface area contributed by atoms with Crippen LogP contribution in [0.2, 0.25) is 0 Å². The number of amides is 2. The number of carbonyl (C=O) groups is 2. The van der Waals surface area contributed by atoms with Crippen LogP contribution in [0.15, 0.2) is 18.2 Å². The highest BCUT2D eigenvalue weighted by Crippen LogP contribution is 2.46. The zero-order valence-corrected chi connectivity index (χ0v) is 16.2. The van der Waals surface area contributed by atoms with Gasteiger partial charge in [-0.15, -0.1) is 0 Å². The van der Waals surface area contributed by atoms with Crippen molar-refractivity contribution in [2.45, 2.75) is 76.0 Å². The standard InChI is InChI=1S/C22H28N2O4/c25-20-12-15(14-24(20)17-6-2-3-7-17)21(26)23-16-8-9-18-19(13-16)28-22(27-18)10-4-1-5-11-22/h8-9,13,15,17H,1-7,10-12,14H2,(H,23,26). The largest absolute Gasteiger partial charge is 0.448 e. The minimum atomic E-state index is -0.511. The Morgan fingerprint density at radius 2 is 1.79 bits per heavy atom. The molecule has 3 fully saturated rings. The molecule has 2 heterocycles. The second-order valence-corrected chi connectivity index (χ2v) is 8.71. The predicted octanol–water partition coefficient (Wildman–Crippen LogP) is 3.85. The van der Waals surface area contributed by atoms with E-state index in [9.17, 15) is 9.59 Å². The van der Waals surface area contributed by atoms with Crippen molar-refractivity contribution in [3.63, 3.8) is 0 Å². The monoisotopic (exact) mass is 384 g/mol. The first-order valence-electron chi connectivity index (χ1n) is 10.7. The van der Waals surface area contributed by atoms with Crippen molar-refractivity contribution in [1.82, 2.24) is 4.90 Å². The van der Waals surface area contributed by atoms with Gasteiger partial charge in [-0.25, -0.2) is 0 Å². The molecule has 2 aliphatic carbocycles. The fraction of sp³-hybridized carbons (Fsp3) is 0.636. The maximum atomic E-state index is 12.8. The Hall–Kier alpha value is -2.24. The zero-order chi connectivity index (χ0) is 19.1. The van der Waals surface area contributed by atoms with Crippen LogP contribution >= 0.6 is 0 Å². The molecule has 2 amide bonds. The Kier molecular flexibility index (Phi) is 4.44. The van der Waals surface area contributed by atoms with Crippen molar-refractivity contribution in [3.8, 4) is 11.5 Å². The van der Waals surface area contributed by atoms with E-state index in [1.165, 1.54) is 19.3 Å². The first kappa shape index (κ1) is 17.8. The molecular weight excluding hydrogens is 356 g/mol. The van der Waals surface area contributed by atoms with Crippen LogP contribution in [-0.4, -0.2) is 35.1 Å². The van der Waals surface area contributed by atoms with Crippen LogP contribution in [0.25, 0.3) is 0 Å². The summed E-state index contributed by atoms with van der Waals surface area (Å²) in [7, 11) is 0. The number of benzene rings is 1. The van der Waals surface area contributed by atoms with Crippen LogP contribution in [0.4, 0.5) is 5.69 Å². The molecule has 1 N–H and O–H groups in total. The molecule has 6 heteroatoms. The van der Waals surface area contributed by atoms with E-state index in [1.807, 2.05) is 23.1 Å². The number of ether oxygens (including phenoxy) is 2. The van der Waals surface area contributed by atoms with Gasteiger partial charge in [0.25, 0.3) is 5.79 Å². The summed E-state index contributed by atoms with van der Waals surface area (Å²) in [5.41, 5.74) is 0.701. The van der Waals surface area contributed by atoms with Crippen molar-refractivity contribution < 1.29 is 19.1 Å². The van der Waals surface area contributed by atoms with Crippen LogP contribution < -0.4 is 14.8 Å². The van der Waals surface area contributed by atoms with E-state index >= 15 is 0 Å². The lowest BCUT2D eigenvalue weighted by atomic mass is 9.94. The highest BCUT2D eigenvalue weighted by molar-refractivity contribution is 5.97. The van der Waals surface area contributed by atoms with E-state index in [0.717, 1.165) is 44.3 Å². The summed E-state index contributed by atoms with van der Waals surface area (Å²) in [5.74, 6) is 0.710. The van der Waals surface area contributed by atoms with Crippen molar-refractivity contribution >= 4 is 17.5 Å². The Bertz CT molecular complexity index is 781. The summed E-state index contributed by atoms with van der Waals surface area (Å²) in [5, 5.41) is 2.98. The quantitative estimate of drug-likeness (QED) is 0.860. The molecule has 0 aromatic heterocycles. The van der Waals surface area contributed by atoms with E-state index in [2.05, 4.69) is 5.32 Å². The highest BCUT2D eigenvalue weighted by Gasteiger charge is 2.43. The van der Waals surface area contributed by atoms with Crippen LogP contribution in [0.5, 0.6) is 11.5 Å². The SMILES string of the molecule is O=C(Nc1ccc2c(c1)OC1(CCCCC1)O2)C1CC(=O)N(C2CCCC2)C1. The number of rotatable bonds is 3. The molecule has 2 aliphatic heterocycles. The Labute approximate surface area is 165 Å². The minimum Gasteiger partial charge on any atom is -0.448 e. The molecule has 4 aliphatic rings. The average molecular weight is 384 g/mol. The Morgan fingerprint density at radius 1 is 1.04 bits per heavy atom. The first-order valence-corrected chi connectivity index (χ1v) is 10.7. The smallest absolute Gasteiger partial charge is 0.251 e. The predicted molar refractivity (Wildman–Crippen MR) is 104 cm³/mol. The Balaban J connectivity index is 1.23. The second kappa shape index (κ2) is 6.98. The van der Waals surface area contributed by atoms with E-state index in [1.54, 1.807) is 0 Å². The molecule has 1 atom stereocenters. The van der Waals surface area contributed by atoms with Gasteiger partial charge in [0, 0.05) is 43.6 Å². The maximum absolute atomic E-state index is 12.8.